The van der Waals surface area contributed by atoms with Crippen molar-refractivity contribution < 1.29 is 27.2 Å². The van der Waals surface area contributed by atoms with Gasteiger partial charge in [-0.15, -0.1) is 0 Å². The molecule has 3 rings (SSSR count). The molecule has 0 amide bonds. The number of aromatic nitrogens is 3. The van der Waals surface area contributed by atoms with Gasteiger partial charge in [0, 0.05) is 25.1 Å². The normalized spacial score (nSPS) is 22.3. The first-order chi connectivity index (χ1) is 11.7. The lowest BCUT2D eigenvalue weighted by Crippen LogP contribution is -2.46. The van der Waals surface area contributed by atoms with Crippen molar-refractivity contribution in [3.8, 4) is 0 Å². The fraction of sp³-hybridized carbons (Fsp3) is 0.500. The van der Waals surface area contributed by atoms with E-state index in [1.807, 2.05) is 0 Å². The Labute approximate surface area is 142 Å². The number of nitrogens with zero attached hydrogens (tertiary/aromatic N) is 5. The van der Waals surface area contributed by atoms with E-state index in [1.165, 1.54) is 6.20 Å². The number of hydrogen-bond donors (Lipinski definition) is 2. The zero-order valence-electron chi connectivity index (χ0n) is 13.1. The lowest BCUT2D eigenvalue weighted by Gasteiger charge is -2.35. The molecule has 0 aromatic carbocycles. The Morgan fingerprint density at radius 2 is 2.16 bits per heavy atom. The van der Waals surface area contributed by atoms with Crippen LogP contribution in [0.2, 0.25) is 0 Å². The quantitative estimate of drug-likeness (QED) is 0.657. The van der Waals surface area contributed by atoms with E-state index >= 15 is 0 Å². The first-order valence-corrected chi connectivity index (χ1v) is 9.22. The molecule has 1 unspecified atom stereocenters. The van der Waals surface area contributed by atoms with Gasteiger partial charge in [0.1, 0.15) is 12.0 Å². The van der Waals surface area contributed by atoms with Gasteiger partial charge in [-0.25, -0.2) is 17.2 Å². The van der Waals surface area contributed by atoms with E-state index in [0.717, 1.165) is 21.1 Å². The molecule has 25 heavy (non-hydrogen) atoms. The summed E-state index contributed by atoms with van der Waals surface area (Å²) in [5.74, 6) is -1.03. The van der Waals surface area contributed by atoms with Crippen molar-refractivity contribution in [3.63, 3.8) is 0 Å². The summed E-state index contributed by atoms with van der Waals surface area (Å²) in [6, 6.07) is 0.180. The van der Waals surface area contributed by atoms with Gasteiger partial charge in [-0.2, -0.15) is 4.31 Å². The van der Waals surface area contributed by atoms with Crippen LogP contribution in [0, 0.1) is 5.82 Å². The van der Waals surface area contributed by atoms with E-state index < -0.39 is 40.8 Å². The van der Waals surface area contributed by atoms with Crippen LogP contribution < -0.4 is 5.59 Å². The van der Waals surface area contributed by atoms with Gasteiger partial charge in [-0.3, -0.25) is 9.61 Å². The minimum absolute atomic E-state index is 0.119. The molecule has 0 bridgehead atoms. The number of sulfonamides is 1. The molecule has 9 nitrogen and oxygen atoms in total. The zero-order valence-corrected chi connectivity index (χ0v) is 13.9. The van der Waals surface area contributed by atoms with E-state index in [9.17, 15) is 27.2 Å². The maximum absolute atomic E-state index is 14.2. The molecule has 2 atom stereocenters. The Balaban J connectivity index is 1.81. The van der Waals surface area contributed by atoms with Gasteiger partial charge in [0.15, 0.2) is 0 Å². The van der Waals surface area contributed by atoms with Gasteiger partial charge in [-0.05, 0) is 18.7 Å². The van der Waals surface area contributed by atoms with Gasteiger partial charge in [0.2, 0.25) is 10.0 Å². The van der Waals surface area contributed by atoms with Gasteiger partial charge in [0.25, 0.3) is 0 Å². The Hall–Kier alpha value is -1.83. The first kappa shape index (κ1) is 18.0. The SMILES string of the molecule is CS(=O)(=O)N1CCC([N-]c2ncc3cc(F)c(B(O)O)n3n2)[C@H](F)C1. The third-order valence-corrected chi connectivity index (χ3v) is 5.23. The van der Waals surface area contributed by atoms with Crippen molar-refractivity contribution >= 4 is 34.2 Å². The van der Waals surface area contributed by atoms with Crippen LogP contribution in [-0.2, 0) is 10.0 Å². The van der Waals surface area contributed by atoms with Gasteiger partial charge in [0.05, 0.1) is 17.4 Å². The molecule has 0 aliphatic carbocycles. The molecular weight excluding hydrogens is 359 g/mol. The molecule has 13 heteroatoms. The molecule has 0 saturated carbocycles. The Kier molecular flexibility index (Phi) is 4.66. The molecular formula is C12H15BF2N5O4S-. The summed E-state index contributed by atoms with van der Waals surface area (Å²) >= 11 is 0. The smallest absolute Gasteiger partial charge is 0.422 e. The molecule has 1 saturated heterocycles. The summed E-state index contributed by atoms with van der Waals surface area (Å²) in [6.07, 6.45) is 0.841. The lowest BCUT2D eigenvalue weighted by molar-refractivity contribution is 0.191. The first-order valence-electron chi connectivity index (χ1n) is 7.37. The standard InChI is InChI=1S/C12H15BF2N5O4S/c1-25(23,24)19-3-2-10(9(15)6-19)17-12-16-5-7-4-8(14)11(13(21)22)20(7)18-12/h4-5,9-10,21-22H,2-3,6H2,1H3/q-1/t9-,10?/m1/s1. The lowest BCUT2D eigenvalue weighted by atomic mass is 9.86. The van der Waals surface area contributed by atoms with Crippen LogP contribution >= 0.6 is 0 Å². The van der Waals surface area contributed by atoms with Crippen LogP contribution in [0.4, 0.5) is 14.7 Å². The van der Waals surface area contributed by atoms with E-state index in [2.05, 4.69) is 15.4 Å². The Morgan fingerprint density at radius 3 is 2.76 bits per heavy atom. The highest BCUT2D eigenvalue weighted by Gasteiger charge is 2.32. The summed E-state index contributed by atoms with van der Waals surface area (Å²) in [5, 5.41) is 26.4. The van der Waals surface area contributed by atoms with Crippen LogP contribution in [-0.4, -0.2) is 76.0 Å². The average Bonchev–Trinajstić information content (AvgIpc) is 2.83. The van der Waals surface area contributed by atoms with Gasteiger partial charge >= 0.3 is 7.12 Å². The van der Waals surface area contributed by atoms with Crippen LogP contribution in [0.5, 0.6) is 0 Å². The Bertz CT molecular complexity index is 893. The summed E-state index contributed by atoms with van der Waals surface area (Å²) in [7, 11) is -5.56. The molecule has 2 aromatic heterocycles. The second-order valence-corrected chi connectivity index (χ2v) is 7.75. The molecule has 1 aliphatic heterocycles. The molecule has 0 spiro atoms. The second-order valence-electron chi connectivity index (χ2n) is 5.77. The van der Waals surface area contributed by atoms with Crippen LogP contribution in [0.1, 0.15) is 6.42 Å². The van der Waals surface area contributed by atoms with E-state index in [1.54, 1.807) is 0 Å². The predicted molar refractivity (Wildman–Crippen MR) is 85.5 cm³/mol. The number of piperidine rings is 1. The van der Waals surface area contributed by atoms with Crippen LogP contribution in [0.3, 0.4) is 0 Å². The van der Waals surface area contributed by atoms with Crippen molar-refractivity contribution in [1.29, 1.82) is 0 Å². The number of halogens is 2. The molecule has 3 heterocycles. The van der Waals surface area contributed by atoms with E-state index in [0.29, 0.717) is 0 Å². The van der Waals surface area contributed by atoms with Crippen molar-refractivity contribution in [1.82, 2.24) is 18.9 Å². The summed E-state index contributed by atoms with van der Waals surface area (Å²) in [4.78, 5) is 3.89. The molecule has 136 valence electrons. The minimum Gasteiger partial charge on any atom is -0.422 e. The fourth-order valence-electron chi connectivity index (χ4n) is 2.70. The number of rotatable bonds is 4. The highest BCUT2D eigenvalue weighted by atomic mass is 32.2. The zero-order chi connectivity index (χ0) is 18.4. The molecule has 2 N–H and O–H groups in total. The third-order valence-electron chi connectivity index (χ3n) is 3.96. The summed E-state index contributed by atoms with van der Waals surface area (Å²) in [5.41, 5.74) is -0.291. The highest BCUT2D eigenvalue weighted by Crippen LogP contribution is 2.27. The number of fused-ring (bicyclic) bond motifs is 1. The predicted octanol–water partition coefficient (Wildman–Crippen LogP) is -1.07. The average molecular weight is 374 g/mol. The van der Waals surface area contributed by atoms with Crippen molar-refractivity contribution in [2.45, 2.75) is 18.6 Å². The minimum atomic E-state index is -3.48. The fourth-order valence-corrected chi connectivity index (χ4v) is 3.55. The van der Waals surface area contributed by atoms with E-state index in [-0.39, 0.29) is 31.0 Å². The maximum Gasteiger partial charge on any atom is 0.510 e. The van der Waals surface area contributed by atoms with Crippen molar-refractivity contribution in [3.05, 3.63) is 23.4 Å². The van der Waals surface area contributed by atoms with E-state index in [4.69, 9.17) is 0 Å². The Morgan fingerprint density at radius 1 is 1.44 bits per heavy atom. The largest absolute Gasteiger partial charge is 0.510 e. The summed E-state index contributed by atoms with van der Waals surface area (Å²) in [6.45, 7) is -0.192. The topological polar surface area (TPSA) is 122 Å². The van der Waals surface area contributed by atoms with Gasteiger partial charge in [-0.1, -0.05) is 0 Å². The van der Waals surface area contributed by atoms with Crippen molar-refractivity contribution in [2.75, 3.05) is 19.3 Å². The maximum atomic E-state index is 14.2. The highest BCUT2D eigenvalue weighted by molar-refractivity contribution is 7.88. The summed E-state index contributed by atoms with van der Waals surface area (Å²) < 4.78 is 52.8. The number of hydrogen-bond acceptors (Lipinski definition) is 6. The monoisotopic (exact) mass is 374 g/mol. The molecule has 0 radical (unpaired) electrons. The molecule has 1 aliphatic rings. The van der Waals surface area contributed by atoms with Crippen LogP contribution in [0.15, 0.2) is 12.3 Å². The second kappa shape index (κ2) is 6.48. The third kappa shape index (κ3) is 3.59. The number of alkyl halides is 1. The van der Waals surface area contributed by atoms with Crippen LogP contribution in [0.25, 0.3) is 10.8 Å². The molecule has 1 fully saturated rings. The van der Waals surface area contributed by atoms with Crippen molar-refractivity contribution in [2.24, 2.45) is 0 Å². The van der Waals surface area contributed by atoms with Gasteiger partial charge < -0.3 is 20.3 Å². The molecule has 2 aromatic rings.